The largest absolute Gasteiger partial charge is 0.480 e. The fourth-order valence-corrected chi connectivity index (χ4v) is 2.06. The van der Waals surface area contributed by atoms with Crippen molar-refractivity contribution in [2.45, 2.75) is 46.0 Å². The van der Waals surface area contributed by atoms with Crippen LogP contribution < -0.4 is 0 Å². The van der Waals surface area contributed by atoms with Crippen molar-refractivity contribution in [3.63, 3.8) is 0 Å². The second-order valence-corrected chi connectivity index (χ2v) is 5.14. The number of amides is 1. The van der Waals surface area contributed by atoms with Crippen molar-refractivity contribution in [2.75, 3.05) is 19.6 Å². The van der Waals surface area contributed by atoms with Gasteiger partial charge in [-0.1, -0.05) is 0 Å². The Morgan fingerprint density at radius 1 is 1.05 bits per heavy atom. The van der Waals surface area contributed by atoms with E-state index < -0.39 is 37.7 Å². The van der Waals surface area contributed by atoms with Gasteiger partial charge in [-0.15, -0.1) is 0 Å². The molecule has 0 saturated carbocycles. The highest BCUT2D eigenvalue weighted by Gasteiger charge is 2.33. The molecule has 0 rings (SSSR count). The monoisotopic (exact) mass is 298 g/mol. The van der Waals surface area contributed by atoms with Gasteiger partial charge in [0, 0.05) is 12.1 Å². The highest BCUT2D eigenvalue weighted by atomic mass is 19.4. The number of halogens is 3. The number of carbonyl (C=O) groups excluding carboxylic acids is 1. The van der Waals surface area contributed by atoms with Crippen LogP contribution in [0, 0.1) is 0 Å². The third-order valence-corrected chi connectivity index (χ3v) is 2.52. The van der Waals surface area contributed by atoms with Crippen molar-refractivity contribution < 1.29 is 27.9 Å². The Kier molecular flexibility index (Phi) is 6.98. The van der Waals surface area contributed by atoms with Crippen LogP contribution in [0.2, 0.25) is 0 Å². The zero-order chi connectivity index (χ0) is 16.1. The van der Waals surface area contributed by atoms with Gasteiger partial charge in [0.25, 0.3) is 0 Å². The van der Waals surface area contributed by atoms with E-state index >= 15 is 0 Å². The molecule has 0 aromatic rings. The molecule has 0 bridgehead atoms. The zero-order valence-corrected chi connectivity index (χ0v) is 12.1. The second kappa shape index (κ2) is 7.47. The van der Waals surface area contributed by atoms with Gasteiger partial charge >= 0.3 is 12.1 Å². The Morgan fingerprint density at radius 2 is 1.50 bits per heavy atom. The molecule has 0 fully saturated rings. The van der Waals surface area contributed by atoms with Crippen LogP contribution in [0.3, 0.4) is 0 Å². The molecule has 0 saturated heterocycles. The van der Waals surface area contributed by atoms with Crippen molar-refractivity contribution in [1.29, 1.82) is 0 Å². The van der Waals surface area contributed by atoms with E-state index in [1.54, 1.807) is 27.7 Å². The lowest BCUT2D eigenvalue weighted by Gasteiger charge is -2.33. The molecular weight excluding hydrogens is 277 g/mol. The molecule has 0 heterocycles. The molecule has 8 heteroatoms. The molecular formula is C12H21F3N2O3. The topological polar surface area (TPSA) is 60.9 Å². The summed E-state index contributed by atoms with van der Waals surface area (Å²) >= 11 is 0. The molecule has 0 aromatic heterocycles. The molecule has 0 radical (unpaired) electrons. The molecule has 0 aliphatic heterocycles. The lowest BCUT2D eigenvalue weighted by atomic mass is 10.2. The highest BCUT2D eigenvalue weighted by molar-refractivity contribution is 5.79. The summed E-state index contributed by atoms with van der Waals surface area (Å²) in [6.07, 6.45) is -4.55. The number of alkyl halides is 3. The van der Waals surface area contributed by atoms with Crippen molar-refractivity contribution in [1.82, 2.24) is 9.80 Å². The van der Waals surface area contributed by atoms with Crippen LogP contribution in [0.15, 0.2) is 0 Å². The second-order valence-electron chi connectivity index (χ2n) is 5.14. The first-order valence-electron chi connectivity index (χ1n) is 6.26. The normalized spacial score (nSPS) is 12.3. The van der Waals surface area contributed by atoms with Crippen LogP contribution >= 0.6 is 0 Å². The van der Waals surface area contributed by atoms with Gasteiger partial charge in [0.15, 0.2) is 0 Å². The van der Waals surface area contributed by atoms with E-state index in [2.05, 4.69) is 0 Å². The Hall–Kier alpha value is -1.31. The first-order valence-corrected chi connectivity index (χ1v) is 6.26. The smallest absolute Gasteiger partial charge is 0.401 e. The minimum atomic E-state index is -4.55. The molecule has 20 heavy (non-hydrogen) atoms. The quantitative estimate of drug-likeness (QED) is 0.775. The molecule has 118 valence electrons. The summed E-state index contributed by atoms with van der Waals surface area (Å²) in [6, 6.07) is -0.333. The predicted octanol–water partition coefficient (Wildman–Crippen LogP) is 1.58. The predicted molar refractivity (Wildman–Crippen MR) is 67.2 cm³/mol. The van der Waals surface area contributed by atoms with Crippen molar-refractivity contribution in [3.8, 4) is 0 Å². The number of hydrogen-bond donors (Lipinski definition) is 1. The van der Waals surface area contributed by atoms with Crippen molar-refractivity contribution >= 4 is 11.9 Å². The molecule has 0 unspecified atom stereocenters. The van der Waals surface area contributed by atoms with E-state index in [-0.39, 0.29) is 12.1 Å². The van der Waals surface area contributed by atoms with Crippen molar-refractivity contribution in [2.24, 2.45) is 0 Å². The number of carbonyl (C=O) groups is 2. The number of hydrogen-bond acceptors (Lipinski definition) is 3. The molecule has 5 nitrogen and oxygen atoms in total. The van der Waals surface area contributed by atoms with E-state index in [9.17, 15) is 22.8 Å². The van der Waals surface area contributed by atoms with Gasteiger partial charge in [-0.25, -0.2) is 0 Å². The van der Waals surface area contributed by atoms with Gasteiger partial charge in [-0.05, 0) is 27.7 Å². The Morgan fingerprint density at radius 3 is 1.80 bits per heavy atom. The number of carboxylic acids is 1. The lowest BCUT2D eigenvalue weighted by Crippen LogP contribution is -2.49. The SMILES string of the molecule is CC(C)N(C(=O)CN(CC(=O)O)CC(F)(F)F)C(C)C. The Balaban J connectivity index is 4.86. The van der Waals surface area contributed by atoms with Gasteiger partial charge in [0.2, 0.25) is 5.91 Å². The van der Waals surface area contributed by atoms with Crippen LogP contribution in [-0.4, -0.2) is 64.7 Å². The van der Waals surface area contributed by atoms with Crippen LogP contribution in [0.4, 0.5) is 13.2 Å². The number of aliphatic carboxylic acids is 1. The van der Waals surface area contributed by atoms with E-state index in [0.29, 0.717) is 4.90 Å². The average Bonchev–Trinajstić information content (AvgIpc) is 2.10. The van der Waals surface area contributed by atoms with Gasteiger partial charge in [-0.2, -0.15) is 13.2 Å². The highest BCUT2D eigenvalue weighted by Crippen LogP contribution is 2.17. The summed E-state index contributed by atoms with van der Waals surface area (Å²) in [7, 11) is 0. The molecule has 1 amide bonds. The van der Waals surface area contributed by atoms with Gasteiger partial charge < -0.3 is 10.0 Å². The molecule has 0 aliphatic rings. The summed E-state index contributed by atoms with van der Waals surface area (Å²) in [5.74, 6) is -1.91. The Bertz CT molecular complexity index is 335. The average molecular weight is 298 g/mol. The van der Waals surface area contributed by atoms with Crippen LogP contribution in [-0.2, 0) is 9.59 Å². The summed E-state index contributed by atoms with van der Waals surface area (Å²) in [6.45, 7) is 4.20. The summed E-state index contributed by atoms with van der Waals surface area (Å²) in [5.41, 5.74) is 0. The maximum absolute atomic E-state index is 12.4. The van der Waals surface area contributed by atoms with Crippen molar-refractivity contribution in [3.05, 3.63) is 0 Å². The summed E-state index contributed by atoms with van der Waals surface area (Å²) in [4.78, 5) is 24.6. The minimum absolute atomic E-state index is 0.167. The molecule has 0 atom stereocenters. The first-order chi connectivity index (χ1) is 8.94. The number of nitrogens with zero attached hydrogens (tertiary/aromatic N) is 2. The molecule has 0 aliphatic carbocycles. The lowest BCUT2D eigenvalue weighted by molar-refractivity contribution is -0.157. The van der Waals surface area contributed by atoms with E-state index in [4.69, 9.17) is 5.11 Å². The van der Waals surface area contributed by atoms with Gasteiger partial charge in [-0.3, -0.25) is 14.5 Å². The minimum Gasteiger partial charge on any atom is -0.480 e. The molecule has 0 aromatic carbocycles. The van der Waals surface area contributed by atoms with E-state index in [1.807, 2.05) is 0 Å². The summed E-state index contributed by atoms with van der Waals surface area (Å²) in [5, 5.41) is 8.62. The number of rotatable bonds is 7. The maximum Gasteiger partial charge on any atom is 0.401 e. The molecule has 0 spiro atoms. The number of carboxylic acid groups (broad SMARTS) is 1. The standard InChI is InChI=1S/C12H21F3N2O3/c1-8(2)17(9(3)4)10(18)5-16(6-11(19)20)7-12(13,14)15/h8-9H,5-7H2,1-4H3,(H,19,20). The van der Waals surface area contributed by atoms with E-state index in [1.165, 1.54) is 4.90 Å². The Labute approximate surface area is 116 Å². The van der Waals surface area contributed by atoms with Crippen LogP contribution in [0.5, 0.6) is 0 Å². The van der Waals surface area contributed by atoms with Crippen LogP contribution in [0.1, 0.15) is 27.7 Å². The first kappa shape index (κ1) is 18.7. The third kappa shape index (κ3) is 7.32. The fraction of sp³-hybridized carbons (Fsp3) is 0.833. The fourth-order valence-electron chi connectivity index (χ4n) is 2.06. The maximum atomic E-state index is 12.4. The van der Waals surface area contributed by atoms with Crippen LogP contribution in [0.25, 0.3) is 0 Å². The summed E-state index contributed by atoms with van der Waals surface area (Å²) < 4.78 is 37.1. The zero-order valence-electron chi connectivity index (χ0n) is 12.1. The molecule has 1 N–H and O–H groups in total. The van der Waals surface area contributed by atoms with Gasteiger partial charge in [0.05, 0.1) is 19.6 Å². The third-order valence-electron chi connectivity index (χ3n) is 2.52. The van der Waals surface area contributed by atoms with Gasteiger partial charge in [0.1, 0.15) is 0 Å². The van der Waals surface area contributed by atoms with E-state index in [0.717, 1.165) is 0 Å².